The molecule has 0 fully saturated rings. The van der Waals surface area contributed by atoms with Crippen LogP contribution in [0.4, 0.5) is 13.2 Å². The van der Waals surface area contributed by atoms with Crippen molar-refractivity contribution in [2.45, 2.75) is 12.7 Å². The fourth-order valence-electron chi connectivity index (χ4n) is 1.20. The molecule has 4 nitrogen and oxygen atoms in total. The van der Waals surface area contributed by atoms with Gasteiger partial charge in [0.05, 0.1) is 25.4 Å². The van der Waals surface area contributed by atoms with Crippen LogP contribution in [-0.4, -0.2) is 29.5 Å². The summed E-state index contributed by atoms with van der Waals surface area (Å²) in [4.78, 5) is 11.3. The molecule has 0 spiro atoms. The van der Waals surface area contributed by atoms with E-state index in [1.54, 1.807) is 0 Å². The molecule has 0 amide bonds. The molecule has 0 aromatic carbocycles. The van der Waals surface area contributed by atoms with Gasteiger partial charge >= 0.3 is 6.18 Å². The first-order valence-corrected chi connectivity index (χ1v) is 4.91. The number of aromatic nitrogens is 1. The van der Waals surface area contributed by atoms with E-state index in [1.165, 1.54) is 0 Å². The highest BCUT2D eigenvalue weighted by molar-refractivity contribution is 5.13. The van der Waals surface area contributed by atoms with E-state index in [0.29, 0.717) is 0 Å². The number of halogens is 3. The van der Waals surface area contributed by atoms with E-state index in [-0.39, 0.29) is 26.4 Å². The van der Waals surface area contributed by atoms with Gasteiger partial charge < -0.3 is 14.4 Å². The van der Waals surface area contributed by atoms with Gasteiger partial charge in [0.2, 0.25) is 0 Å². The molecule has 17 heavy (non-hydrogen) atoms. The summed E-state index contributed by atoms with van der Waals surface area (Å²) in [6.07, 6.45) is -3.72. The monoisotopic (exact) mass is 251 g/mol. The number of aliphatic hydroxyl groups is 1. The van der Waals surface area contributed by atoms with Crippen LogP contribution in [0.1, 0.15) is 5.56 Å². The standard InChI is InChI=1S/C10H12F3NO3/c11-10(12,13)8-1-2-9(16)14(7-8)3-5-17-6-4-15/h1-2,7,15H,3-6H2. The van der Waals surface area contributed by atoms with Gasteiger partial charge in [-0.25, -0.2) is 0 Å². The van der Waals surface area contributed by atoms with Crippen LogP contribution in [0.3, 0.4) is 0 Å². The van der Waals surface area contributed by atoms with Crippen LogP contribution >= 0.6 is 0 Å². The number of hydrogen-bond donors (Lipinski definition) is 1. The van der Waals surface area contributed by atoms with Crippen molar-refractivity contribution < 1.29 is 23.0 Å². The second-order valence-corrected chi connectivity index (χ2v) is 3.28. The lowest BCUT2D eigenvalue weighted by Gasteiger charge is -2.10. The molecule has 1 aromatic heterocycles. The predicted octanol–water partition coefficient (Wildman–Crippen LogP) is 0.876. The van der Waals surface area contributed by atoms with Crippen molar-refractivity contribution in [3.63, 3.8) is 0 Å². The Bertz CT molecular complexity index is 414. The maximum absolute atomic E-state index is 12.4. The lowest BCUT2D eigenvalue weighted by atomic mass is 10.3. The highest BCUT2D eigenvalue weighted by atomic mass is 19.4. The molecule has 96 valence electrons. The van der Waals surface area contributed by atoms with Gasteiger partial charge in [0.15, 0.2) is 0 Å². The van der Waals surface area contributed by atoms with Crippen LogP contribution in [0.5, 0.6) is 0 Å². The van der Waals surface area contributed by atoms with E-state index in [4.69, 9.17) is 9.84 Å². The molecule has 0 aliphatic carbocycles. The average molecular weight is 251 g/mol. The Morgan fingerprint density at radius 3 is 2.59 bits per heavy atom. The summed E-state index contributed by atoms with van der Waals surface area (Å²) < 4.78 is 42.9. The topological polar surface area (TPSA) is 51.5 Å². The molecule has 0 saturated heterocycles. The zero-order valence-electron chi connectivity index (χ0n) is 8.91. The molecular formula is C10H12F3NO3. The van der Waals surface area contributed by atoms with Crippen molar-refractivity contribution in [1.82, 2.24) is 4.57 Å². The Morgan fingerprint density at radius 2 is 2.00 bits per heavy atom. The van der Waals surface area contributed by atoms with E-state index >= 15 is 0 Å². The fraction of sp³-hybridized carbons (Fsp3) is 0.500. The van der Waals surface area contributed by atoms with Gasteiger partial charge in [0, 0.05) is 18.8 Å². The zero-order valence-corrected chi connectivity index (χ0v) is 8.91. The fourth-order valence-corrected chi connectivity index (χ4v) is 1.20. The van der Waals surface area contributed by atoms with Crippen molar-refractivity contribution in [2.24, 2.45) is 0 Å². The smallest absolute Gasteiger partial charge is 0.394 e. The first kappa shape index (κ1) is 13.7. The minimum absolute atomic E-state index is 0.0166. The third kappa shape index (κ3) is 4.20. The molecule has 0 aliphatic rings. The van der Waals surface area contributed by atoms with Gasteiger partial charge in [-0.2, -0.15) is 13.2 Å². The average Bonchev–Trinajstić information content (AvgIpc) is 2.25. The van der Waals surface area contributed by atoms with E-state index in [0.717, 1.165) is 22.9 Å². The van der Waals surface area contributed by atoms with Gasteiger partial charge in [-0.1, -0.05) is 0 Å². The number of ether oxygens (including phenoxy) is 1. The maximum Gasteiger partial charge on any atom is 0.417 e. The SMILES string of the molecule is O=c1ccc(C(F)(F)F)cn1CCOCCO. The number of hydrogen-bond acceptors (Lipinski definition) is 3. The molecule has 1 aromatic rings. The second-order valence-electron chi connectivity index (χ2n) is 3.28. The Morgan fingerprint density at radius 1 is 1.29 bits per heavy atom. The highest BCUT2D eigenvalue weighted by Gasteiger charge is 2.30. The molecular weight excluding hydrogens is 239 g/mol. The number of nitrogens with zero attached hydrogens (tertiary/aromatic N) is 1. The maximum atomic E-state index is 12.4. The number of rotatable bonds is 5. The minimum atomic E-state index is -4.47. The third-order valence-electron chi connectivity index (χ3n) is 2.02. The lowest BCUT2D eigenvalue weighted by Crippen LogP contribution is -2.23. The summed E-state index contributed by atoms with van der Waals surface area (Å²) in [5, 5.41) is 8.43. The summed E-state index contributed by atoms with van der Waals surface area (Å²) in [6, 6.07) is 1.61. The van der Waals surface area contributed by atoms with Gasteiger partial charge in [0.1, 0.15) is 0 Å². The minimum Gasteiger partial charge on any atom is -0.394 e. The van der Waals surface area contributed by atoms with Crippen LogP contribution in [0, 0.1) is 0 Å². The molecule has 0 unspecified atom stereocenters. The second kappa shape index (κ2) is 5.83. The van der Waals surface area contributed by atoms with E-state index < -0.39 is 17.3 Å². The Labute approximate surface area is 95.3 Å². The molecule has 1 rings (SSSR count). The summed E-state index contributed by atoms with van der Waals surface area (Å²) in [7, 11) is 0. The lowest BCUT2D eigenvalue weighted by molar-refractivity contribution is -0.138. The molecule has 0 bridgehead atoms. The van der Waals surface area contributed by atoms with Crippen LogP contribution in [-0.2, 0) is 17.5 Å². The zero-order chi connectivity index (χ0) is 12.9. The first-order valence-electron chi connectivity index (χ1n) is 4.91. The van der Waals surface area contributed by atoms with Crippen molar-refractivity contribution in [1.29, 1.82) is 0 Å². The largest absolute Gasteiger partial charge is 0.417 e. The summed E-state index contributed by atoms with van der Waals surface area (Å²) >= 11 is 0. The molecule has 1 N–H and O–H groups in total. The predicted molar refractivity (Wildman–Crippen MR) is 53.6 cm³/mol. The molecule has 0 radical (unpaired) electrons. The third-order valence-corrected chi connectivity index (χ3v) is 2.02. The molecule has 0 aliphatic heterocycles. The summed E-state index contributed by atoms with van der Waals surface area (Å²) in [5.74, 6) is 0. The molecule has 0 atom stereocenters. The van der Waals surface area contributed by atoms with E-state index in [1.807, 2.05) is 0 Å². The van der Waals surface area contributed by atoms with Crippen molar-refractivity contribution in [2.75, 3.05) is 19.8 Å². The first-order chi connectivity index (χ1) is 7.95. The number of alkyl halides is 3. The van der Waals surface area contributed by atoms with Gasteiger partial charge in [-0.3, -0.25) is 4.79 Å². The van der Waals surface area contributed by atoms with Crippen molar-refractivity contribution in [3.05, 3.63) is 34.2 Å². The van der Waals surface area contributed by atoms with Crippen LogP contribution in [0.2, 0.25) is 0 Å². The Kier molecular flexibility index (Phi) is 4.71. The van der Waals surface area contributed by atoms with Gasteiger partial charge in [-0.05, 0) is 6.07 Å². The van der Waals surface area contributed by atoms with Crippen LogP contribution in [0.25, 0.3) is 0 Å². The van der Waals surface area contributed by atoms with Crippen LogP contribution in [0.15, 0.2) is 23.1 Å². The number of aliphatic hydroxyl groups excluding tert-OH is 1. The van der Waals surface area contributed by atoms with Crippen LogP contribution < -0.4 is 5.56 Å². The van der Waals surface area contributed by atoms with Crippen molar-refractivity contribution >= 4 is 0 Å². The normalized spacial score (nSPS) is 11.8. The Balaban J connectivity index is 2.74. The van der Waals surface area contributed by atoms with E-state index in [9.17, 15) is 18.0 Å². The Hall–Kier alpha value is -1.34. The highest BCUT2D eigenvalue weighted by Crippen LogP contribution is 2.27. The van der Waals surface area contributed by atoms with E-state index in [2.05, 4.69) is 0 Å². The summed E-state index contributed by atoms with van der Waals surface area (Å²) in [6.45, 7) is 0.00965. The molecule has 1 heterocycles. The van der Waals surface area contributed by atoms with Gasteiger partial charge in [0.25, 0.3) is 5.56 Å². The number of pyridine rings is 1. The summed E-state index contributed by atoms with van der Waals surface area (Å²) in [5.41, 5.74) is -1.40. The molecule has 0 saturated carbocycles. The molecule has 7 heteroatoms. The quantitative estimate of drug-likeness (QED) is 0.790. The van der Waals surface area contributed by atoms with Gasteiger partial charge in [-0.15, -0.1) is 0 Å². The van der Waals surface area contributed by atoms with Crippen molar-refractivity contribution in [3.8, 4) is 0 Å².